The Balaban J connectivity index is 3.84. The van der Waals surface area contributed by atoms with Gasteiger partial charge in [-0.1, -0.05) is 20.8 Å². The van der Waals surface area contributed by atoms with Crippen molar-refractivity contribution in [2.45, 2.75) is 33.6 Å². The van der Waals surface area contributed by atoms with Crippen LogP contribution in [0.2, 0.25) is 0 Å². The molecule has 0 radical (unpaired) electrons. The number of carbonyl (C=O) groups is 1. The molecule has 0 rings (SSSR count). The topological polar surface area (TPSA) is 43.1 Å². The number of rotatable bonds is 5. The second kappa shape index (κ2) is 5.30. The Kier molecular flexibility index (Phi) is 5.12. The largest absolute Gasteiger partial charge is 0.330 e. The van der Waals surface area contributed by atoms with Gasteiger partial charge in [-0.2, -0.15) is 0 Å². The van der Waals surface area contributed by atoms with Crippen molar-refractivity contribution in [3.8, 4) is 0 Å². The molecule has 0 aliphatic heterocycles. The first-order valence-corrected chi connectivity index (χ1v) is 4.34. The lowest BCUT2D eigenvalue weighted by Gasteiger charge is -2.14. The molecule has 0 aliphatic carbocycles. The molecule has 2 N–H and O–H groups in total. The summed E-state index contributed by atoms with van der Waals surface area (Å²) in [6, 6.07) is 0. The Bertz CT molecular complexity index is 121. The predicted octanol–water partition coefficient (Wildman–Crippen LogP) is 1.59. The molecule has 0 aliphatic rings. The molecule has 0 saturated carbocycles. The number of carbonyl (C=O) groups excluding carboxylic acids is 1. The molecule has 1 unspecified atom stereocenters. The van der Waals surface area contributed by atoms with Crippen LogP contribution < -0.4 is 5.73 Å². The van der Waals surface area contributed by atoms with Crippen LogP contribution in [0, 0.1) is 11.8 Å². The Morgan fingerprint density at radius 2 is 2.00 bits per heavy atom. The number of ketones is 1. The fraction of sp³-hybridized carbons (Fsp3) is 0.889. The monoisotopic (exact) mass is 157 g/mol. The summed E-state index contributed by atoms with van der Waals surface area (Å²) in [5, 5.41) is 0. The standard InChI is InChI=1S/C9H19NO/c1-4-9(11)8(6-10)5-7(2)3/h7-8H,4-6,10H2,1-3H3. The van der Waals surface area contributed by atoms with Crippen molar-refractivity contribution >= 4 is 5.78 Å². The highest BCUT2D eigenvalue weighted by atomic mass is 16.1. The molecule has 0 fully saturated rings. The quantitative estimate of drug-likeness (QED) is 0.658. The molecule has 0 aromatic heterocycles. The molecule has 66 valence electrons. The van der Waals surface area contributed by atoms with Gasteiger partial charge in [0.2, 0.25) is 0 Å². The highest BCUT2D eigenvalue weighted by Gasteiger charge is 2.15. The van der Waals surface area contributed by atoms with E-state index in [1.807, 2.05) is 6.92 Å². The van der Waals surface area contributed by atoms with Gasteiger partial charge in [0.05, 0.1) is 0 Å². The van der Waals surface area contributed by atoms with Gasteiger partial charge in [0.25, 0.3) is 0 Å². The van der Waals surface area contributed by atoms with E-state index in [0.717, 1.165) is 6.42 Å². The fourth-order valence-electron chi connectivity index (χ4n) is 1.22. The van der Waals surface area contributed by atoms with E-state index in [2.05, 4.69) is 13.8 Å². The summed E-state index contributed by atoms with van der Waals surface area (Å²) >= 11 is 0. The zero-order valence-corrected chi connectivity index (χ0v) is 7.76. The second-order valence-electron chi connectivity index (χ2n) is 3.38. The van der Waals surface area contributed by atoms with Gasteiger partial charge in [0.15, 0.2) is 0 Å². The van der Waals surface area contributed by atoms with Crippen molar-refractivity contribution in [3.05, 3.63) is 0 Å². The summed E-state index contributed by atoms with van der Waals surface area (Å²) < 4.78 is 0. The van der Waals surface area contributed by atoms with Crippen LogP contribution in [0.1, 0.15) is 33.6 Å². The van der Waals surface area contributed by atoms with E-state index in [1.165, 1.54) is 0 Å². The Morgan fingerprint density at radius 3 is 2.27 bits per heavy atom. The van der Waals surface area contributed by atoms with E-state index < -0.39 is 0 Å². The molecule has 1 atom stereocenters. The van der Waals surface area contributed by atoms with Crippen LogP contribution in [0.25, 0.3) is 0 Å². The third-order valence-corrected chi connectivity index (χ3v) is 1.84. The predicted molar refractivity (Wildman–Crippen MR) is 47.3 cm³/mol. The smallest absolute Gasteiger partial charge is 0.136 e. The summed E-state index contributed by atoms with van der Waals surface area (Å²) in [4.78, 5) is 11.2. The minimum Gasteiger partial charge on any atom is -0.330 e. The van der Waals surface area contributed by atoms with Crippen LogP contribution in [0.5, 0.6) is 0 Å². The molecule has 0 spiro atoms. The SMILES string of the molecule is CCC(=O)C(CN)CC(C)C. The van der Waals surface area contributed by atoms with Crippen LogP contribution in [0.15, 0.2) is 0 Å². The summed E-state index contributed by atoms with van der Waals surface area (Å²) in [5.74, 6) is 0.972. The van der Waals surface area contributed by atoms with E-state index in [4.69, 9.17) is 5.73 Å². The number of nitrogens with two attached hydrogens (primary N) is 1. The third-order valence-electron chi connectivity index (χ3n) is 1.84. The lowest BCUT2D eigenvalue weighted by Crippen LogP contribution is -2.24. The summed E-state index contributed by atoms with van der Waals surface area (Å²) in [6.07, 6.45) is 1.55. The number of hydrogen-bond donors (Lipinski definition) is 1. The first-order valence-electron chi connectivity index (χ1n) is 4.34. The first kappa shape index (κ1) is 10.6. The van der Waals surface area contributed by atoms with Gasteiger partial charge < -0.3 is 5.73 Å². The van der Waals surface area contributed by atoms with Gasteiger partial charge in [-0.15, -0.1) is 0 Å². The van der Waals surface area contributed by atoms with Gasteiger partial charge in [0.1, 0.15) is 5.78 Å². The van der Waals surface area contributed by atoms with Crippen molar-refractivity contribution in [1.29, 1.82) is 0 Å². The third kappa shape index (κ3) is 4.14. The Morgan fingerprint density at radius 1 is 1.45 bits per heavy atom. The average molecular weight is 157 g/mol. The van der Waals surface area contributed by atoms with Gasteiger partial charge in [-0.3, -0.25) is 4.79 Å². The van der Waals surface area contributed by atoms with E-state index >= 15 is 0 Å². The van der Waals surface area contributed by atoms with Crippen LogP contribution in [-0.2, 0) is 4.79 Å². The Labute approximate surface area is 69.2 Å². The van der Waals surface area contributed by atoms with Crippen molar-refractivity contribution < 1.29 is 4.79 Å². The zero-order chi connectivity index (χ0) is 8.85. The summed E-state index contributed by atoms with van der Waals surface area (Å²) in [6.45, 7) is 6.63. The highest BCUT2D eigenvalue weighted by Crippen LogP contribution is 2.12. The van der Waals surface area contributed by atoms with Crippen LogP contribution in [0.4, 0.5) is 0 Å². The molecular formula is C9H19NO. The van der Waals surface area contributed by atoms with Gasteiger partial charge in [0, 0.05) is 18.9 Å². The molecule has 0 saturated heterocycles. The van der Waals surface area contributed by atoms with Crippen molar-refractivity contribution in [3.63, 3.8) is 0 Å². The normalized spacial score (nSPS) is 13.5. The number of hydrogen-bond acceptors (Lipinski definition) is 2. The summed E-state index contributed by atoms with van der Waals surface area (Å²) in [5.41, 5.74) is 5.48. The first-order chi connectivity index (χ1) is 5.11. The molecule has 0 bridgehead atoms. The summed E-state index contributed by atoms with van der Waals surface area (Å²) in [7, 11) is 0. The van der Waals surface area contributed by atoms with Crippen molar-refractivity contribution in [2.24, 2.45) is 17.6 Å². The molecule has 0 heterocycles. The van der Waals surface area contributed by atoms with Crippen LogP contribution >= 0.6 is 0 Å². The maximum Gasteiger partial charge on any atom is 0.136 e. The van der Waals surface area contributed by atoms with Gasteiger partial charge >= 0.3 is 0 Å². The van der Waals surface area contributed by atoms with Gasteiger partial charge in [-0.25, -0.2) is 0 Å². The van der Waals surface area contributed by atoms with E-state index in [9.17, 15) is 4.79 Å². The fourth-order valence-corrected chi connectivity index (χ4v) is 1.22. The van der Waals surface area contributed by atoms with E-state index in [0.29, 0.717) is 24.7 Å². The van der Waals surface area contributed by atoms with E-state index in [-0.39, 0.29) is 5.92 Å². The molecule has 0 aromatic carbocycles. The molecule has 2 heteroatoms. The molecule has 0 aromatic rings. The number of Topliss-reactive ketones (excluding diaryl/α,β-unsaturated/α-hetero) is 1. The van der Waals surface area contributed by atoms with Crippen LogP contribution in [-0.4, -0.2) is 12.3 Å². The molecular weight excluding hydrogens is 138 g/mol. The molecule has 2 nitrogen and oxygen atoms in total. The Hall–Kier alpha value is -0.370. The van der Waals surface area contributed by atoms with Crippen molar-refractivity contribution in [1.82, 2.24) is 0 Å². The molecule has 0 amide bonds. The minimum atomic E-state index is 0.0972. The average Bonchev–Trinajstić information content (AvgIpc) is 1.98. The second-order valence-corrected chi connectivity index (χ2v) is 3.38. The maximum atomic E-state index is 11.2. The van der Waals surface area contributed by atoms with Crippen molar-refractivity contribution in [2.75, 3.05) is 6.54 Å². The lowest BCUT2D eigenvalue weighted by atomic mass is 9.92. The van der Waals surface area contributed by atoms with Gasteiger partial charge in [-0.05, 0) is 12.3 Å². The highest BCUT2D eigenvalue weighted by molar-refractivity contribution is 5.80. The van der Waals surface area contributed by atoms with Crippen LogP contribution in [0.3, 0.4) is 0 Å². The molecule has 11 heavy (non-hydrogen) atoms. The zero-order valence-electron chi connectivity index (χ0n) is 7.76. The maximum absolute atomic E-state index is 11.2. The van der Waals surface area contributed by atoms with E-state index in [1.54, 1.807) is 0 Å². The minimum absolute atomic E-state index is 0.0972. The lowest BCUT2D eigenvalue weighted by molar-refractivity contribution is -0.122.